The van der Waals surface area contributed by atoms with Crippen molar-refractivity contribution in [2.24, 2.45) is 5.92 Å². The van der Waals surface area contributed by atoms with E-state index in [2.05, 4.69) is 0 Å². The fourth-order valence-electron chi connectivity index (χ4n) is 1.73. The van der Waals surface area contributed by atoms with Crippen LogP contribution in [-0.2, 0) is 16.0 Å². The summed E-state index contributed by atoms with van der Waals surface area (Å²) in [7, 11) is 0. The molecule has 1 atom stereocenters. The number of hydrogen-bond acceptors (Lipinski definition) is 3. The van der Waals surface area contributed by atoms with E-state index in [0.717, 1.165) is 17.7 Å². The second kappa shape index (κ2) is 6.28. The van der Waals surface area contributed by atoms with Crippen LogP contribution in [-0.4, -0.2) is 12.1 Å². The number of anilines is 1. The van der Waals surface area contributed by atoms with E-state index in [1.807, 2.05) is 45.0 Å². The van der Waals surface area contributed by atoms with Gasteiger partial charge in [0.1, 0.15) is 0 Å². The molecule has 2 N–H and O–H groups in total. The molecule has 0 fully saturated rings. The van der Waals surface area contributed by atoms with Gasteiger partial charge in [0.05, 0.1) is 12.0 Å². The Morgan fingerprint density at radius 2 is 2.12 bits per heavy atom. The van der Waals surface area contributed by atoms with Gasteiger partial charge in [-0.2, -0.15) is 0 Å². The lowest BCUT2D eigenvalue weighted by molar-refractivity contribution is -0.152. The van der Waals surface area contributed by atoms with Crippen molar-refractivity contribution in [3.63, 3.8) is 0 Å². The van der Waals surface area contributed by atoms with Gasteiger partial charge in [0, 0.05) is 5.69 Å². The van der Waals surface area contributed by atoms with Crippen molar-refractivity contribution in [1.29, 1.82) is 0 Å². The minimum Gasteiger partial charge on any atom is -0.463 e. The maximum atomic E-state index is 11.8. The van der Waals surface area contributed by atoms with Crippen molar-refractivity contribution in [1.82, 2.24) is 0 Å². The van der Waals surface area contributed by atoms with E-state index in [9.17, 15) is 4.79 Å². The van der Waals surface area contributed by atoms with Gasteiger partial charge in [0.15, 0.2) is 0 Å². The topological polar surface area (TPSA) is 52.3 Å². The molecule has 3 nitrogen and oxygen atoms in total. The molecule has 0 aliphatic carbocycles. The van der Waals surface area contributed by atoms with Gasteiger partial charge in [0.25, 0.3) is 0 Å². The summed E-state index contributed by atoms with van der Waals surface area (Å²) in [5.41, 5.74) is 7.53. The third-order valence-electron chi connectivity index (χ3n) is 2.61. The van der Waals surface area contributed by atoms with Crippen molar-refractivity contribution in [3.05, 3.63) is 29.8 Å². The Morgan fingerprint density at radius 3 is 2.65 bits per heavy atom. The third-order valence-corrected chi connectivity index (χ3v) is 2.61. The summed E-state index contributed by atoms with van der Waals surface area (Å²) in [5.74, 6) is -0.205. The van der Waals surface area contributed by atoms with Gasteiger partial charge < -0.3 is 10.5 Å². The van der Waals surface area contributed by atoms with E-state index >= 15 is 0 Å². The fourth-order valence-corrected chi connectivity index (χ4v) is 1.73. The average Bonchev–Trinajstić information content (AvgIpc) is 2.24. The van der Waals surface area contributed by atoms with Crippen LogP contribution in [0.4, 0.5) is 5.69 Å². The molecule has 0 saturated heterocycles. The zero-order chi connectivity index (χ0) is 12.8. The van der Waals surface area contributed by atoms with Crippen molar-refractivity contribution in [2.45, 2.75) is 39.7 Å². The van der Waals surface area contributed by atoms with Crippen LogP contribution in [0.5, 0.6) is 0 Å². The second-order valence-electron chi connectivity index (χ2n) is 4.54. The summed E-state index contributed by atoms with van der Waals surface area (Å²) >= 11 is 0. The molecule has 0 heterocycles. The van der Waals surface area contributed by atoms with Crippen molar-refractivity contribution in [2.75, 3.05) is 5.73 Å². The van der Waals surface area contributed by atoms with E-state index in [1.54, 1.807) is 0 Å². The molecule has 0 bridgehead atoms. The number of nitrogen functional groups attached to an aromatic ring is 1. The van der Waals surface area contributed by atoms with Crippen LogP contribution in [0.3, 0.4) is 0 Å². The monoisotopic (exact) mass is 235 g/mol. The molecular weight excluding hydrogens is 214 g/mol. The summed E-state index contributed by atoms with van der Waals surface area (Å²) in [6.45, 7) is 5.73. The average molecular weight is 235 g/mol. The number of rotatable bonds is 5. The lowest BCUT2D eigenvalue weighted by Crippen LogP contribution is -2.22. The minimum absolute atomic E-state index is 0.0580. The number of hydrogen-bond donors (Lipinski definition) is 1. The molecule has 0 aromatic heterocycles. The molecule has 0 saturated carbocycles. The van der Waals surface area contributed by atoms with Gasteiger partial charge in [-0.05, 0) is 44.4 Å². The Morgan fingerprint density at radius 1 is 1.41 bits per heavy atom. The molecule has 3 heteroatoms. The van der Waals surface area contributed by atoms with Crippen LogP contribution in [0.15, 0.2) is 24.3 Å². The number of ether oxygens (including phenoxy) is 1. The highest BCUT2D eigenvalue weighted by atomic mass is 16.5. The quantitative estimate of drug-likeness (QED) is 0.630. The number of carbonyl (C=O) groups excluding carboxylic acids is 1. The minimum atomic E-state index is -0.120. The Bertz CT molecular complexity index is 374. The first-order chi connectivity index (χ1) is 8.02. The Balaban J connectivity index is 2.66. The molecule has 1 aromatic carbocycles. The summed E-state index contributed by atoms with van der Waals surface area (Å²) in [4.78, 5) is 11.8. The van der Waals surface area contributed by atoms with Crippen LogP contribution in [0.25, 0.3) is 0 Å². The predicted molar refractivity (Wildman–Crippen MR) is 69.6 cm³/mol. The van der Waals surface area contributed by atoms with Crippen LogP contribution in [0.2, 0.25) is 0 Å². The van der Waals surface area contributed by atoms with Gasteiger partial charge in [-0.1, -0.05) is 19.1 Å². The first-order valence-electron chi connectivity index (χ1n) is 6.07. The van der Waals surface area contributed by atoms with Crippen LogP contribution >= 0.6 is 0 Å². The number of esters is 1. The molecule has 1 rings (SSSR count). The zero-order valence-electron chi connectivity index (χ0n) is 10.8. The SMILES string of the molecule is CCC(Cc1cccc(N)c1)C(=O)OC(C)C. The molecule has 0 radical (unpaired) electrons. The number of benzene rings is 1. The van der Waals surface area contributed by atoms with Crippen molar-refractivity contribution < 1.29 is 9.53 Å². The molecule has 0 spiro atoms. The zero-order valence-corrected chi connectivity index (χ0v) is 10.8. The largest absolute Gasteiger partial charge is 0.463 e. The summed E-state index contributed by atoms with van der Waals surface area (Å²) in [5, 5.41) is 0. The third kappa shape index (κ3) is 4.47. The maximum Gasteiger partial charge on any atom is 0.309 e. The number of carbonyl (C=O) groups is 1. The van der Waals surface area contributed by atoms with E-state index in [4.69, 9.17) is 10.5 Å². The fraction of sp³-hybridized carbons (Fsp3) is 0.500. The van der Waals surface area contributed by atoms with E-state index in [1.165, 1.54) is 0 Å². The normalized spacial score (nSPS) is 12.5. The highest BCUT2D eigenvalue weighted by Crippen LogP contribution is 2.16. The van der Waals surface area contributed by atoms with E-state index < -0.39 is 0 Å². The Labute approximate surface area is 103 Å². The highest BCUT2D eigenvalue weighted by molar-refractivity contribution is 5.73. The molecule has 0 amide bonds. The standard InChI is InChI=1S/C14H21NO2/c1-4-12(14(16)17-10(2)3)8-11-6-5-7-13(15)9-11/h5-7,9-10,12H,4,8,15H2,1-3H3. The summed E-state index contributed by atoms with van der Waals surface area (Å²) in [6.07, 6.45) is 1.41. The lowest BCUT2D eigenvalue weighted by Gasteiger charge is -2.16. The Kier molecular flexibility index (Phi) is 5.01. The first kappa shape index (κ1) is 13.6. The van der Waals surface area contributed by atoms with Gasteiger partial charge in [-0.3, -0.25) is 4.79 Å². The van der Waals surface area contributed by atoms with Crippen LogP contribution < -0.4 is 5.73 Å². The van der Waals surface area contributed by atoms with Crippen molar-refractivity contribution in [3.8, 4) is 0 Å². The summed E-state index contributed by atoms with van der Waals surface area (Å²) in [6, 6.07) is 7.65. The van der Waals surface area contributed by atoms with Gasteiger partial charge >= 0.3 is 5.97 Å². The van der Waals surface area contributed by atoms with Gasteiger partial charge in [0.2, 0.25) is 0 Å². The molecule has 1 aromatic rings. The van der Waals surface area contributed by atoms with Gasteiger partial charge in [-0.25, -0.2) is 0 Å². The maximum absolute atomic E-state index is 11.8. The smallest absolute Gasteiger partial charge is 0.309 e. The molecular formula is C14H21NO2. The molecule has 94 valence electrons. The van der Waals surface area contributed by atoms with Crippen molar-refractivity contribution >= 4 is 11.7 Å². The molecule has 0 aliphatic heterocycles. The van der Waals surface area contributed by atoms with E-state index in [0.29, 0.717) is 6.42 Å². The van der Waals surface area contributed by atoms with Gasteiger partial charge in [-0.15, -0.1) is 0 Å². The Hall–Kier alpha value is -1.51. The first-order valence-corrected chi connectivity index (χ1v) is 6.07. The number of nitrogens with two attached hydrogens (primary N) is 1. The lowest BCUT2D eigenvalue weighted by atomic mass is 9.97. The molecule has 0 aliphatic rings. The predicted octanol–water partition coefficient (Wildman–Crippen LogP) is 2.79. The summed E-state index contributed by atoms with van der Waals surface area (Å²) < 4.78 is 5.24. The van der Waals surface area contributed by atoms with Crippen LogP contribution in [0.1, 0.15) is 32.8 Å². The molecule has 17 heavy (non-hydrogen) atoms. The van der Waals surface area contributed by atoms with E-state index in [-0.39, 0.29) is 18.0 Å². The molecule has 1 unspecified atom stereocenters. The highest BCUT2D eigenvalue weighted by Gasteiger charge is 2.19. The second-order valence-corrected chi connectivity index (χ2v) is 4.54. The van der Waals surface area contributed by atoms with Crippen LogP contribution in [0, 0.1) is 5.92 Å².